The van der Waals surface area contributed by atoms with Crippen molar-refractivity contribution >= 4 is 17.6 Å². The van der Waals surface area contributed by atoms with Crippen LogP contribution in [0.5, 0.6) is 0 Å². The third kappa shape index (κ3) is 4.11. The van der Waals surface area contributed by atoms with E-state index in [1.54, 1.807) is 6.92 Å². The number of esters is 1. The number of hydrogen-bond donors (Lipinski definition) is 0. The Bertz CT molecular complexity index is 940. The molecule has 1 aromatic carbocycles. The van der Waals surface area contributed by atoms with Gasteiger partial charge in [0.15, 0.2) is 11.6 Å². The number of halogens is 4. The number of carbonyl (C=O) groups excluding carboxylic acids is 1. The van der Waals surface area contributed by atoms with Gasteiger partial charge in [-0.3, -0.25) is 14.2 Å². The van der Waals surface area contributed by atoms with Crippen LogP contribution in [0.15, 0.2) is 27.8 Å². The van der Waals surface area contributed by atoms with Crippen LogP contribution < -0.4 is 11.2 Å². The number of hydrogen-bond acceptors (Lipinski definition) is 4. The second-order valence-electron chi connectivity index (χ2n) is 4.92. The number of benzene rings is 1. The number of nitrogens with zero attached hydrogens (tertiary/aromatic N) is 2. The Kier molecular flexibility index (Phi) is 5.68. The van der Waals surface area contributed by atoms with E-state index < -0.39 is 47.8 Å². The van der Waals surface area contributed by atoms with Crippen LogP contribution in [-0.4, -0.2) is 21.7 Å². The van der Waals surface area contributed by atoms with Gasteiger partial charge in [-0.15, -0.1) is 0 Å². The highest BCUT2D eigenvalue weighted by Gasteiger charge is 2.16. The van der Waals surface area contributed by atoms with Crippen molar-refractivity contribution in [3.63, 3.8) is 0 Å². The molecule has 134 valence electrons. The third-order valence-electron chi connectivity index (χ3n) is 3.24. The number of ether oxygens (including phenoxy) is 1. The number of rotatable bonds is 5. The molecule has 0 saturated heterocycles. The van der Waals surface area contributed by atoms with Gasteiger partial charge in [-0.05, 0) is 13.0 Å². The zero-order valence-electron chi connectivity index (χ0n) is 12.9. The Morgan fingerprint density at radius 3 is 2.36 bits per heavy atom. The van der Waals surface area contributed by atoms with Gasteiger partial charge in [0, 0.05) is 17.7 Å². The summed E-state index contributed by atoms with van der Waals surface area (Å²) in [5.41, 5.74) is -2.23. The Balaban J connectivity index is 2.49. The molecule has 0 saturated carbocycles. The molecule has 0 bridgehead atoms. The SMILES string of the molecule is CCOC(=O)Cn1c(=O)cc(Cl)n(Cc2cc(F)c(F)cc2F)c1=O. The smallest absolute Gasteiger partial charge is 0.332 e. The molecule has 0 unspecified atom stereocenters. The molecule has 10 heteroatoms. The summed E-state index contributed by atoms with van der Waals surface area (Å²) >= 11 is 5.82. The Hall–Kier alpha value is -2.55. The second-order valence-corrected chi connectivity index (χ2v) is 5.31. The van der Waals surface area contributed by atoms with Crippen LogP contribution in [-0.2, 0) is 22.6 Å². The molecule has 0 amide bonds. The second kappa shape index (κ2) is 7.56. The summed E-state index contributed by atoms with van der Waals surface area (Å²) in [7, 11) is 0. The topological polar surface area (TPSA) is 70.3 Å². The van der Waals surface area contributed by atoms with E-state index in [2.05, 4.69) is 4.74 Å². The van der Waals surface area contributed by atoms with Crippen LogP contribution in [0.2, 0.25) is 5.15 Å². The van der Waals surface area contributed by atoms with Crippen molar-refractivity contribution in [3.8, 4) is 0 Å². The molecule has 2 rings (SSSR count). The van der Waals surface area contributed by atoms with Crippen LogP contribution in [0.25, 0.3) is 0 Å². The van der Waals surface area contributed by atoms with Crippen molar-refractivity contribution in [3.05, 3.63) is 67.2 Å². The fourth-order valence-corrected chi connectivity index (χ4v) is 2.29. The van der Waals surface area contributed by atoms with Gasteiger partial charge in [0.2, 0.25) is 0 Å². The first-order valence-corrected chi connectivity index (χ1v) is 7.41. The summed E-state index contributed by atoms with van der Waals surface area (Å²) in [6, 6.07) is 1.76. The first-order chi connectivity index (χ1) is 11.7. The van der Waals surface area contributed by atoms with Gasteiger partial charge in [0.05, 0.1) is 13.2 Å². The minimum atomic E-state index is -1.38. The van der Waals surface area contributed by atoms with E-state index in [-0.39, 0.29) is 17.3 Å². The lowest BCUT2D eigenvalue weighted by molar-refractivity contribution is -0.143. The maximum Gasteiger partial charge on any atom is 0.332 e. The first-order valence-electron chi connectivity index (χ1n) is 7.03. The highest BCUT2D eigenvalue weighted by molar-refractivity contribution is 6.29. The molecule has 2 aromatic rings. The standard InChI is InChI=1S/C15H12ClF3N2O4/c1-2-25-14(23)7-21-13(22)5-12(16)20(15(21)24)6-8-3-10(18)11(19)4-9(8)17/h3-5H,2,6-7H2,1H3. The van der Waals surface area contributed by atoms with E-state index in [0.29, 0.717) is 16.7 Å². The minimum absolute atomic E-state index is 0.0510. The lowest BCUT2D eigenvalue weighted by atomic mass is 10.2. The average molecular weight is 377 g/mol. The Labute approximate surface area is 144 Å². The summed E-state index contributed by atoms with van der Waals surface area (Å²) < 4.78 is 46.0. The molecule has 0 spiro atoms. The summed E-state index contributed by atoms with van der Waals surface area (Å²) in [4.78, 5) is 35.7. The van der Waals surface area contributed by atoms with Crippen molar-refractivity contribution in [2.24, 2.45) is 0 Å². The van der Waals surface area contributed by atoms with Crippen molar-refractivity contribution in [1.82, 2.24) is 9.13 Å². The summed E-state index contributed by atoms with van der Waals surface area (Å²) in [6.07, 6.45) is 0. The molecule has 1 aromatic heterocycles. The molecule has 0 N–H and O–H groups in total. The maximum atomic E-state index is 13.8. The molecule has 0 fully saturated rings. The Morgan fingerprint density at radius 1 is 1.08 bits per heavy atom. The van der Waals surface area contributed by atoms with Gasteiger partial charge in [-0.1, -0.05) is 11.6 Å². The fourth-order valence-electron chi connectivity index (χ4n) is 2.07. The predicted octanol–water partition coefficient (Wildman–Crippen LogP) is 1.69. The van der Waals surface area contributed by atoms with Gasteiger partial charge in [-0.25, -0.2) is 22.5 Å². The van der Waals surface area contributed by atoms with Crippen molar-refractivity contribution in [2.45, 2.75) is 20.0 Å². The van der Waals surface area contributed by atoms with Crippen LogP contribution in [0, 0.1) is 17.5 Å². The van der Waals surface area contributed by atoms with Crippen molar-refractivity contribution in [2.75, 3.05) is 6.61 Å². The van der Waals surface area contributed by atoms with Crippen molar-refractivity contribution in [1.29, 1.82) is 0 Å². The monoisotopic (exact) mass is 376 g/mol. The van der Waals surface area contributed by atoms with Crippen LogP contribution in [0.1, 0.15) is 12.5 Å². The van der Waals surface area contributed by atoms with E-state index in [9.17, 15) is 27.6 Å². The predicted molar refractivity (Wildman–Crippen MR) is 82.0 cm³/mol. The quantitative estimate of drug-likeness (QED) is 0.452. The molecule has 0 aliphatic rings. The highest BCUT2D eigenvalue weighted by Crippen LogP contribution is 2.16. The molecule has 0 aliphatic carbocycles. The number of aromatic nitrogens is 2. The molecule has 25 heavy (non-hydrogen) atoms. The fraction of sp³-hybridized carbons (Fsp3) is 0.267. The van der Waals surface area contributed by atoms with Crippen molar-refractivity contribution < 1.29 is 22.7 Å². The van der Waals surface area contributed by atoms with Crippen LogP contribution in [0.3, 0.4) is 0 Å². The van der Waals surface area contributed by atoms with Gasteiger partial charge in [0.25, 0.3) is 5.56 Å². The summed E-state index contributed by atoms with van der Waals surface area (Å²) in [5.74, 6) is -4.60. The van der Waals surface area contributed by atoms with Gasteiger partial charge >= 0.3 is 11.7 Å². The Morgan fingerprint density at radius 2 is 1.72 bits per heavy atom. The molecule has 0 radical (unpaired) electrons. The first kappa shape index (κ1) is 18.8. The maximum absolute atomic E-state index is 13.8. The highest BCUT2D eigenvalue weighted by atomic mass is 35.5. The van der Waals surface area contributed by atoms with E-state index in [0.717, 1.165) is 10.6 Å². The zero-order valence-corrected chi connectivity index (χ0v) is 13.6. The normalized spacial score (nSPS) is 10.8. The molecular weight excluding hydrogens is 365 g/mol. The number of carbonyl (C=O) groups is 1. The molecule has 0 aliphatic heterocycles. The third-order valence-corrected chi connectivity index (χ3v) is 3.55. The van der Waals surface area contributed by atoms with Gasteiger partial charge in [0.1, 0.15) is 17.5 Å². The largest absolute Gasteiger partial charge is 0.465 e. The van der Waals surface area contributed by atoms with E-state index in [4.69, 9.17) is 11.6 Å². The molecular formula is C15H12ClF3N2O4. The zero-order chi connectivity index (χ0) is 18.7. The lowest BCUT2D eigenvalue weighted by Crippen LogP contribution is -2.42. The van der Waals surface area contributed by atoms with E-state index >= 15 is 0 Å². The molecule has 1 heterocycles. The summed E-state index contributed by atoms with van der Waals surface area (Å²) in [6.45, 7) is 0.370. The van der Waals surface area contributed by atoms with Crippen LogP contribution in [0.4, 0.5) is 13.2 Å². The van der Waals surface area contributed by atoms with Gasteiger partial charge in [-0.2, -0.15) is 0 Å². The average Bonchev–Trinajstić information content (AvgIpc) is 2.53. The van der Waals surface area contributed by atoms with E-state index in [1.165, 1.54) is 0 Å². The molecule has 6 nitrogen and oxygen atoms in total. The van der Waals surface area contributed by atoms with Crippen LogP contribution >= 0.6 is 11.6 Å². The minimum Gasteiger partial charge on any atom is -0.465 e. The van der Waals surface area contributed by atoms with Gasteiger partial charge < -0.3 is 4.74 Å². The summed E-state index contributed by atoms with van der Waals surface area (Å²) in [5, 5.41) is -0.348. The van der Waals surface area contributed by atoms with E-state index in [1.807, 2.05) is 0 Å². The lowest BCUT2D eigenvalue weighted by Gasteiger charge is -2.12. The molecule has 0 atom stereocenters.